The molecule has 1 N–H and O–H groups in total. The van der Waals surface area contributed by atoms with Crippen LogP contribution in [0.25, 0.3) is 10.6 Å². The number of rotatable bonds is 9. The van der Waals surface area contributed by atoms with Crippen molar-refractivity contribution in [1.29, 1.82) is 0 Å². The number of thiophene rings is 1. The number of hydrogen-bond acceptors (Lipinski definition) is 5. The highest BCUT2D eigenvalue weighted by Crippen LogP contribution is 2.28. The van der Waals surface area contributed by atoms with E-state index >= 15 is 0 Å². The summed E-state index contributed by atoms with van der Waals surface area (Å²) >= 11 is 1.66. The summed E-state index contributed by atoms with van der Waals surface area (Å²) < 4.78 is 12.9. The molecule has 1 amide bonds. The Labute approximate surface area is 162 Å². The molecule has 0 saturated carbocycles. The molecule has 0 bridgehead atoms. The molecule has 3 rings (SSSR count). The summed E-state index contributed by atoms with van der Waals surface area (Å²) in [5, 5.41) is 9.48. The van der Waals surface area contributed by atoms with Crippen LogP contribution in [0.3, 0.4) is 0 Å². The van der Waals surface area contributed by atoms with Crippen LogP contribution in [0.2, 0.25) is 0 Å². The van der Waals surface area contributed by atoms with Crippen molar-refractivity contribution in [3.8, 4) is 22.1 Å². The molecular formula is C20H23N3O3S. The van der Waals surface area contributed by atoms with Crippen molar-refractivity contribution < 1.29 is 14.3 Å². The second kappa shape index (κ2) is 9.23. The van der Waals surface area contributed by atoms with Gasteiger partial charge in [0, 0.05) is 18.3 Å². The molecule has 0 atom stereocenters. The van der Waals surface area contributed by atoms with E-state index in [9.17, 15) is 4.79 Å². The zero-order valence-electron chi connectivity index (χ0n) is 15.5. The summed E-state index contributed by atoms with van der Waals surface area (Å²) in [6.45, 7) is 5.96. The van der Waals surface area contributed by atoms with Crippen LogP contribution in [0.1, 0.15) is 24.2 Å². The first-order valence-corrected chi connectivity index (χ1v) is 9.84. The third-order valence-corrected chi connectivity index (χ3v) is 4.74. The lowest BCUT2D eigenvalue weighted by Gasteiger charge is -2.12. The molecule has 0 aliphatic heterocycles. The predicted molar refractivity (Wildman–Crippen MR) is 107 cm³/mol. The van der Waals surface area contributed by atoms with Crippen molar-refractivity contribution in [2.75, 3.05) is 19.8 Å². The van der Waals surface area contributed by atoms with E-state index in [0.29, 0.717) is 43.4 Å². The average Bonchev–Trinajstić information content (AvgIpc) is 3.35. The van der Waals surface area contributed by atoms with Gasteiger partial charge in [0.2, 0.25) is 0 Å². The Balaban J connectivity index is 1.57. The highest BCUT2D eigenvalue weighted by atomic mass is 32.1. The Morgan fingerprint density at radius 2 is 1.96 bits per heavy atom. The second-order valence-corrected chi connectivity index (χ2v) is 6.67. The first kappa shape index (κ1) is 19.0. The Bertz CT molecular complexity index is 874. The normalized spacial score (nSPS) is 10.6. The van der Waals surface area contributed by atoms with Crippen LogP contribution in [0.5, 0.6) is 11.5 Å². The summed E-state index contributed by atoms with van der Waals surface area (Å²) in [6, 6.07) is 11.3. The monoisotopic (exact) mass is 385 g/mol. The number of benzene rings is 1. The molecule has 0 aliphatic rings. The van der Waals surface area contributed by atoms with Crippen LogP contribution in [0.4, 0.5) is 0 Å². The minimum Gasteiger partial charge on any atom is -0.490 e. The first-order valence-electron chi connectivity index (χ1n) is 8.96. The van der Waals surface area contributed by atoms with Crippen molar-refractivity contribution in [2.45, 2.75) is 20.4 Å². The molecule has 27 heavy (non-hydrogen) atoms. The van der Waals surface area contributed by atoms with Gasteiger partial charge in [0.25, 0.3) is 5.91 Å². The number of carbonyl (C=O) groups is 1. The summed E-state index contributed by atoms with van der Waals surface area (Å²) in [5.41, 5.74) is 1.49. The van der Waals surface area contributed by atoms with Crippen LogP contribution in [0, 0.1) is 0 Å². The molecule has 1 aromatic carbocycles. The van der Waals surface area contributed by atoms with Crippen molar-refractivity contribution in [3.05, 3.63) is 53.5 Å². The van der Waals surface area contributed by atoms with Gasteiger partial charge >= 0.3 is 0 Å². The lowest BCUT2D eigenvalue weighted by atomic mass is 10.2. The summed E-state index contributed by atoms with van der Waals surface area (Å²) in [5.74, 6) is 1.08. The van der Waals surface area contributed by atoms with Gasteiger partial charge in [-0.05, 0) is 49.6 Å². The Hall–Kier alpha value is -2.80. The zero-order chi connectivity index (χ0) is 19.1. The van der Waals surface area contributed by atoms with Gasteiger partial charge in [0.05, 0.1) is 24.6 Å². The minimum absolute atomic E-state index is 0.148. The summed E-state index contributed by atoms with van der Waals surface area (Å²) in [4.78, 5) is 13.6. The van der Waals surface area contributed by atoms with Crippen LogP contribution in [-0.2, 0) is 6.54 Å². The first-order chi connectivity index (χ1) is 13.2. The van der Waals surface area contributed by atoms with Crippen LogP contribution in [0.15, 0.2) is 48.0 Å². The van der Waals surface area contributed by atoms with Gasteiger partial charge in [-0.3, -0.25) is 9.48 Å². The maximum atomic E-state index is 12.4. The highest BCUT2D eigenvalue weighted by molar-refractivity contribution is 7.13. The third-order valence-electron chi connectivity index (χ3n) is 3.85. The van der Waals surface area contributed by atoms with Gasteiger partial charge in [-0.2, -0.15) is 5.10 Å². The maximum absolute atomic E-state index is 12.4. The van der Waals surface area contributed by atoms with E-state index in [1.54, 1.807) is 29.5 Å². The molecule has 0 spiro atoms. The predicted octanol–water partition coefficient (Wildman–Crippen LogP) is 3.84. The van der Waals surface area contributed by atoms with Crippen LogP contribution >= 0.6 is 11.3 Å². The lowest BCUT2D eigenvalue weighted by molar-refractivity contribution is 0.0951. The molecule has 0 saturated heterocycles. The molecular weight excluding hydrogens is 362 g/mol. The van der Waals surface area contributed by atoms with E-state index in [-0.39, 0.29) is 5.91 Å². The van der Waals surface area contributed by atoms with Crippen molar-refractivity contribution >= 4 is 17.2 Å². The summed E-state index contributed by atoms with van der Waals surface area (Å²) in [7, 11) is 0. The van der Waals surface area contributed by atoms with Gasteiger partial charge in [-0.25, -0.2) is 0 Å². The number of ether oxygens (including phenoxy) is 2. The van der Waals surface area contributed by atoms with Gasteiger partial charge in [-0.15, -0.1) is 11.3 Å². The van der Waals surface area contributed by atoms with E-state index in [2.05, 4.69) is 10.4 Å². The smallest absolute Gasteiger partial charge is 0.251 e. The molecule has 3 aromatic rings. The van der Waals surface area contributed by atoms with E-state index in [1.807, 2.05) is 48.3 Å². The van der Waals surface area contributed by atoms with E-state index in [4.69, 9.17) is 9.47 Å². The zero-order valence-corrected chi connectivity index (χ0v) is 16.3. The van der Waals surface area contributed by atoms with Gasteiger partial charge in [-0.1, -0.05) is 6.07 Å². The van der Waals surface area contributed by atoms with Crippen LogP contribution < -0.4 is 14.8 Å². The van der Waals surface area contributed by atoms with E-state index in [0.717, 1.165) is 10.6 Å². The molecule has 2 aromatic heterocycles. The third kappa shape index (κ3) is 4.89. The number of aromatic nitrogens is 2. The number of carbonyl (C=O) groups excluding carboxylic acids is 1. The number of hydrogen-bond donors (Lipinski definition) is 1. The fourth-order valence-electron chi connectivity index (χ4n) is 2.62. The Morgan fingerprint density at radius 1 is 1.15 bits per heavy atom. The molecule has 7 heteroatoms. The van der Waals surface area contributed by atoms with E-state index < -0.39 is 0 Å². The quantitative estimate of drug-likeness (QED) is 0.608. The standard InChI is InChI=1S/C20H23N3O3S/c1-3-25-17-8-7-15(14-18(17)26-4-2)20(24)21-10-12-23-11-9-16(22-23)19-6-5-13-27-19/h5-9,11,13-14H,3-4,10,12H2,1-2H3,(H,21,24). The fourth-order valence-corrected chi connectivity index (χ4v) is 3.31. The lowest BCUT2D eigenvalue weighted by Crippen LogP contribution is -2.27. The Morgan fingerprint density at radius 3 is 2.70 bits per heavy atom. The molecule has 0 aliphatic carbocycles. The average molecular weight is 385 g/mol. The molecule has 142 valence electrons. The van der Waals surface area contributed by atoms with E-state index in [1.165, 1.54) is 0 Å². The van der Waals surface area contributed by atoms with Gasteiger partial charge < -0.3 is 14.8 Å². The van der Waals surface area contributed by atoms with Crippen LogP contribution in [-0.4, -0.2) is 35.4 Å². The number of nitrogens with one attached hydrogen (secondary N) is 1. The molecule has 0 fully saturated rings. The van der Waals surface area contributed by atoms with Crippen molar-refractivity contribution in [3.63, 3.8) is 0 Å². The fraction of sp³-hybridized carbons (Fsp3) is 0.300. The Kier molecular flexibility index (Phi) is 6.49. The van der Waals surface area contributed by atoms with Gasteiger partial charge in [0.15, 0.2) is 11.5 Å². The SMILES string of the molecule is CCOc1ccc(C(=O)NCCn2ccc(-c3cccs3)n2)cc1OCC. The second-order valence-electron chi connectivity index (χ2n) is 5.72. The molecule has 6 nitrogen and oxygen atoms in total. The highest BCUT2D eigenvalue weighted by Gasteiger charge is 2.11. The number of amides is 1. The van der Waals surface area contributed by atoms with Crippen molar-refractivity contribution in [2.24, 2.45) is 0 Å². The minimum atomic E-state index is -0.148. The maximum Gasteiger partial charge on any atom is 0.251 e. The number of nitrogens with zero attached hydrogens (tertiary/aromatic N) is 2. The summed E-state index contributed by atoms with van der Waals surface area (Å²) in [6.07, 6.45) is 1.92. The van der Waals surface area contributed by atoms with Gasteiger partial charge in [0.1, 0.15) is 5.69 Å². The molecule has 2 heterocycles. The molecule has 0 radical (unpaired) electrons. The largest absolute Gasteiger partial charge is 0.490 e. The van der Waals surface area contributed by atoms with Crippen molar-refractivity contribution in [1.82, 2.24) is 15.1 Å². The molecule has 0 unspecified atom stereocenters. The topological polar surface area (TPSA) is 65.4 Å².